The van der Waals surface area contributed by atoms with Gasteiger partial charge in [0.15, 0.2) is 0 Å². The zero-order valence-electron chi connectivity index (χ0n) is 8.66. The molecule has 3 nitrogen and oxygen atoms in total. The number of carbonyl (C=O) groups is 1. The Morgan fingerprint density at radius 1 is 1.29 bits per heavy atom. The fraction of sp³-hybridized carbons (Fsp3) is 0.900. The fourth-order valence-electron chi connectivity index (χ4n) is 1.92. The molecular formula is C10H18O3S. The SMILES string of the molecule is CS(=O)(=O)CCCC1CCC(=O)CC1. The van der Waals surface area contributed by atoms with Gasteiger partial charge in [0.05, 0.1) is 0 Å². The van der Waals surface area contributed by atoms with Crippen molar-refractivity contribution < 1.29 is 13.2 Å². The van der Waals surface area contributed by atoms with Gasteiger partial charge in [0, 0.05) is 24.9 Å². The van der Waals surface area contributed by atoms with Crippen LogP contribution in [0.2, 0.25) is 0 Å². The topological polar surface area (TPSA) is 51.2 Å². The Kier molecular flexibility index (Phi) is 4.11. The lowest BCUT2D eigenvalue weighted by molar-refractivity contribution is -0.121. The third-order valence-corrected chi connectivity index (χ3v) is 3.82. The van der Waals surface area contributed by atoms with Crippen molar-refractivity contribution in [3.63, 3.8) is 0 Å². The summed E-state index contributed by atoms with van der Waals surface area (Å²) in [6.45, 7) is 0. The second-order valence-electron chi connectivity index (χ2n) is 4.25. The molecule has 0 aromatic heterocycles. The largest absolute Gasteiger partial charge is 0.300 e. The summed E-state index contributed by atoms with van der Waals surface area (Å²) < 4.78 is 21.7. The van der Waals surface area contributed by atoms with Crippen LogP contribution >= 0.6 is 0 Å². The number of Topliss-reactive ketones (excluding diaryl/α,β-unsaturated/α-hetero) is 1. The van der Waals surface area contributed by atoms with Gasteiger partial charge >= 0.3 is 0 Å². The summed E-state index contributed by atoms with van der Waals surface area (Å²) in [7, 11) is -2.80. The zero-order chi connectivity index (χ0) is 10.6. The normalized spacial score (nSPS) is 19.9. The van der Waals surface area contributed by atoms with E-state index in [0.29, 0.717) is 24.5 Å². The Hall–Kier alpha value is -0.380. The summed E-state index contributed by atoms with van der Waals surface area (Å²) in [4.78, 5) is 10.9. The van der Waals surface area contributed by atoms with Crippen LogP contribution in [0.5, 0.6) is 0 Å². The van der Waals surface area contributed by atoms with E-state index in [2.05, 4.69) is 0 Å². The fourth-order valence-corrected chi connectivity index (χ4v) is 2.61. The molecule has 0 aliphatic heterocycles. The van der Waals surface area contributed by atoms with Crippen molar-refractivity contribution in [3.05, 3.63) is 0 Å². The van der Waals surface area contributed by atoms with Gasteiger partial charge in [-0.3, -0.25) is 4.79 Å². The predicted molar refractivity (Wildman–Crippen MR) is 55.9 cm³/mol. The molecule has 14 heavy (non-hydrogen) atoms. The third-order valence-electron chi connectivity index (χ3n) is 2.79. The first-order valence-electron chi connectivity index (χ1n) is 5.17. The van der Waals surface area contributed by atoms with Gasteiger partial charge in [0.2, 0.25) is 0 Å². The van der Waals surface area contributed by atoms with Crippen LogP contribution in [0.3, 0.4) is 0 Å². The first-order valence-corrected chi connectivity index (χ1v) is 7.23. The minimum absolute atomic E-state index is 0.289. The summed E-state index contributed by atoms with van der Waals surface area (Å²) in [5, 5.41) is 0. The van der Waals surface area contributed by atoms with Crippen LogP contribution in [0.15, 0.2) is 0 Å². The quantitative estimate of drug-likeness (QED) is 0.719. The van der Waals surface area contributed by atoms with E-state index in [4.69, 9.17) is 0 Å². The van der Waals surface area contributed by atoms with E-state index in [-0.39, 0.29) is 5.75 Å². The second-order valence-corrected chi connectivity index (χ2v) is 6.51. The van der Waals surface area contributed by atoms with E-state index in [9.17, 15) is 13.2 Å². The van der Waals surface area contributed by atoms with E-state index in [0.717, 1.165) is 25.7 Å². The molecular weight excluding hydrogens is 200 g/mol. The number of sulfone groups is 1. The number of rotatable bonds is 4. The molecule has 0 aromatic carbocycles. The van der Waals surface area contributed by atoms with Crippen molar-refractivity contribution in [2.45, 2.75) is 38.5 Å². The molecule has 0 radical (unpaired) electrons. The first-order chi connectivity index (χ1) is 6.47. The number of hydrogen-bond acceptors (Lipinski definition) is 3. The highest BCUT2D eigenvalue weighted by Crippen LogP contribution is 2.25. The lowest BCUT2D eigenvalue weighted by Crippen LogP contribution is -2.15. The van der Waals surface area contributed by atoms with E-state index in [1.54, 1.807) is 0 Å². The van der Waals surface area contributed by atoms with E-state index in [1.165, 1.54) is 6.26 Å². The molecule has 1 aliphatic carbocycles. The van der Waals surface area contributed by atoms with Crippen molar-refractivity contribution >= 4 is 15.6 Å². The molecule has 0 unspecified atom stereocenters. The molecule has 4 heteroatoms. The monoisotopic (exact) mass is 218 g/mol. The zero-order valence-corrected chi connectivity index (χ0v) is 9.48. The molecule has 0 spiro atoms. The Morgan fingerprint density at radius 3 is 2.36 bits per heavy atom. The smallest absolute Gasteiger partial charge is 0.147 e. The van der Waals surface area contributed by atoms with Gasteiger partial charge < -0.3 is 0 Å². The Bertz CT molecular complexity index is 282. The van der Waals surface area contributed by atoms with Gasteiger partial charge in [-0.25, -0.2) is 8.42 Å². The van der Waals surface area contributed by atoms with Gasteiger partial charge in [0.1, 0.15) is 15.6 Å². The summed E-state index contributed by atoms with van der Waals surface area (Å²) in [6, 6.07) is 0. The van der Waals surface area contributed by atoms with Gasteiger partial charge in [-0.1, -0.05) is 0 Å². The lowest BCUT2D eigenvalue weighted by atomic mass is 9.86. The van der Waals surface area contributed by atoms with Crippen LogP contribution in [0.1, 0.15) is 38.5 Å². The maximum atomic E-state index is 10.9. The maximum absolute atomic E-state index is 10.9. The Balaban J connectivity index is 2.17. The van der Waals surface area contributed by atoms with Crippen molar-refractivity contribution in [2.75, 3.05) is 12.0 Å². The van der Waals surface area contributed by atoms with E-state index in [1.807, 2.05) is 0 Å². The number of hydrogen-bond donors (Lipinski definition) is 0. The van der Waals surface area contributed by atoms with Crippen LogP contribution in [0, 0.1) is 5.92 Å². The summed E-state index contributed by atoms with van der Waals surface area (Å²) >= 11 is 0. The number of carbonyl (C=O) groups excluding carboxylic acids is 1. The van der Waals surface area contributed by atoms with Crippen LogP contribution < -0.4 is 0 Å². The summed E-state index contributed by atoms with van der Waals surface area (Å²) in [5.41, 5.74) is 0. The van der Waals surface area contributed by atoms with E-state index >= 15 is 0 Å². The predicted octanol–water partition coefficient (Wildman–Crippen LogP) is 1.57. The van der Waals surface area contributed by atoms with Crippen LogP contribution in [-0.4, -0.2) is 26.2 Å². The third kappa shape index (κ3) is 4.74. The highest BCUT2D eigenvalue weighted by atomic mass is 32.2. The molecule has 0 heterocycles. The average Bonchev–Trinajstić information content (AvgIpc) is 2.06. The maximum Gasteiger partial charge on any atom is 0.147 e. The van der Waals surface area contributed by atoms with Crippen LogP contribution in [0.25, 0.3) is 0 Å². The van der Waals surface area contributed by atoms with E-state index < -0.39 is 9.84 Å². The Labute approximate surface area is 85.8 Å². The molecule has 0 atom stereocenters. The van der Waals surface area contributed by atoms with Crippen molar-refractivity contribution in [2.24, 2.45) is 5.92 Å². The molecule has 0 saturated heterocycles. The molecule has 0 N–H and O–H groups in total. The highest BCUT2D eigenvalue weighted by molar-refractivity contribution is 7.90. The minimum atomic E-state index is -2.80. The molecule has 82 valence electrons. The Morgan fingerprint density at radius 2 is 1.86 bits per heavy atom. The summed E-state index contributed by atoms with van der Waals surface area (Å²) in [6.07, 6.45) is 6.30. The van der Waals surface area contributed by atoms with Gasteiger partial charge in [-0.2, -0.15) is 0 Å². The summed E-state index contributed by atoms with van der Waals surface area (Å²) in [5.74, 6) is 1.23. The van der Waals surface area contributed by atoms with Gasteiger partial charge in [-0.05, 0) is 31.6 Å². The molecule has 1 aliphatic rings. The van der Waals surface area contributed by atoms with Crippen LogP contribution in [-0.2, 0) is 14.6 Å². The molecule has 0 bridgehead atoms. The molecule has 1 rings (SSSR count). The lowest BCUT2D eigenvalue weighted by Gasteiger charge is -2.20. The van der Waals surface area contributed by atoms with Gasteiger partial charge in [-0.15, -0.1) is 0 Å². The standard InChI is InChI=1S/C10H18O3S/c1-14(12,13)8-2-3-9-4-6-10(11)7-5-9/h9H,2-8H2,1H3. The average molecular weight is 218 g/mol. The van der Waals surface area contributed by atoms with Crippen molar-refractivity contribution in [1.29, 1.82) is 0 Å². The first kappa shape index (κ1) is 11.7. The molecule has 1 saturated carbocycles. The minimum Gasteiger partial charge on any atom is -0.300 e. The molecule has 0 aromatic rings. The highest BCUT2D eigenvalue weighted by Gasteiger charge is 2.18. The molecule has 0 amide bonds. The van der Waals surface area contributed by atoms with Crippen molar-refractivity contribution in [3.8, 4) is 0 Å². The van der Waals surface area contributed by atoms with Crippen molar-refractivity contribution in [1.82, 2.24) is 0 Å². The van der Waals surface area contributed by atoms with Gasteiger partial charge in [0.25, 0.3) is 0 Å². The molecule has 1 fully saturated rings. The second kappa shape index (κ2) is 4.91. The number of ketones is 1. The van der Waals surface area contributed by atoms with Crippen LogP contribution in [0.4, 0.5) is 0 Å².